The Bertz CT molecular complexity index is 1000. The van der Waals surface area contributed by atoms with E-state index in [1.807, 2.05) is 0 Å². The summed E-state index contributed by atoms with van der Waals surface area (Å²) < 4.78 is 21.3. The van der Waals surface area contributed by atoms with E-state index in [0.717, 1.165) is 0 Å². The number of aliphatic hydroxyl groups excluding tert-OH is 5. The molecule has 11 atom stereocenters. The van der Waals surface area contributed by atoms with Gasteiger partial charge in [-0.1, -0.05) is 13.0 Å². The average Bonchev–Trinajstić information content (AvgIpc) is 3.43. The monoisotopic (exact) mass is 689 g/mol. The molecule has 15 heteroatoms. The molecule has 0 spiro atoms. The fourth-order valence-electron chi connectivity index (χ4n) is 4.57. The summed E-state index contributed by atoms with van der Waals surface area (Å²) >= 11 is 0. The number of phenols is 1. The van der Waals surface area contributed by atoms with Crippen LogP contribution in [0, 0.1) is 0 Å². The van der Waals surface area contributed by atoms with Crippen LogP contribution in [0.3, 0.4) is 0 Å². The minimum Gasteiger partial charge on any atom is -0.673 e. The van der Waals surface area contributed by atoms with E-state index in [4.69, 9.17) is 24.7 Å². The largest absolute Gasteiger partial charge is 0.673 e. The second kappa shape index (κ2) is 14.2. The Balaban J connectivity index is 0.00000253. The van der Waals surface area contributed by atoms with E-state index in [2.05, 4.69) is 5.32 Å². The summed E-state index contributed by atoms with van der Waals surface area (Å²) in [4.78, 5) is 12.7. The van der Waals surface area contributed by atoms with Crippen molar-refractivity contribution in [2.24, 2.45) is 0 Å². The van der Waals surface area contributed by atoms with Crippen LogP contribution in [0.15, 0.2) is 23.8 Å². The Hall–Kier alpha value is -0.122. The SMILES string of the molecule is C/C(=C\c1ccc(O[C@@H]2O[C@H](C(C)[NH-])[C@@H](O)[C@@H]2O)c(O)c1)C(=O)N[C@@H]1[C@H](O)[C@@H](O)[C@H]2OCO[C@H]2[C@@H]1O.[Y].[Y]. The van der Waals surface area contributed by atoms with E-state index in [1.54, 1.807) is 0 Å². The van der Waals surface area contributed by atoms with E-state index in [1.165, 1.54) is 38.1 Å². The second-order valence-electron chi connectivity index (χ2n) is 9.26. The average molecular weight is 689 g/mol. The van der Waals surface area contributed by atoms with Crippen molar-refractivity contribution in [1.29, 1.82) is 0 Å². The summed E-state index contributed by atoms with van der Waals surface area (Å²) in [5.41, 5.74) is 8.27. The van der Waals surface area contributed by atoms with Crippen molar-refractivity contribution in [2.75, 3.05) is 6.79 Å². The number of carbonyl (C=O) groups is 1. The Morgan fingerprint density at radius 1 is 1.05 bits per heavy atom. The van der Waals surface area contributed by atoms with Crippen LogP contribution in [-0.2, 0) is 84.4 Å². The van der Waals surface area contributed by atoms with Gasteiger partial charge in [0.2, 0.25) is 12.2 Å². The molecule has 1 saturated carbocycles. The third-order valence-electron chi connectivity index (χ3n) is 6.62. The molecule has 3 aliphatic rings. The Morgan fingerprint density at radius 2 is 1.68 bits per heavy atom. The fourth-order valence-corrected chi connectivity index (χ4v) is 4.57. The molecule has 2 aliphatic heterocycles. The molecule has 206 valence electrons. The number of benzene rings is 1. The molecule has 1 aromatic rings. The molecule has 2 radical (unpaired) electrons. The summed E-state index contributed by atoms with van der Waals surface area (Å²) in [5, 5.41) is 64.1. The van der Waals surface area contributed by atoms with Crippen LogP contribution >= 0.6 is 0 Å². The van der Waals surface area contributed by atoms with Gasteiger partial charge in [-0.3, -0.25) is 4.79 Å². The molecule has 2 saturated heterocycles. The van der Waals surface area contributed by atoms with Crippen LogP contribution in [0.25, 0.3) is 11.8 Å². The predicted octanol–water partition coefficient (Wildman–Crippen LogP) is -1.62. The number of fused-ring (bicyclic) bond motifs is 1. The van der Waals surface area contributed by atoms with Gasteiger partial charge >= 0.3 is 0 Å². The summed E-state index contributed by atoms with van der Waals surface area (Å²) in [5.74, 6) is -0.996. The number of nitrogens with one attached hydrogen (secondary N) is 2. The van der Waals surface area contributed by atoms with Gasteiger partial charge in [0.25, 0.3) is 0 Å². The van der Waals surface area contributed by atoms with Crippen LogP contribution in [0.2, 0.25) is 0 Å². The van der Waals surface area contributed by atoms with E-state index < -0.39 is 73.1 Å². The maximum Gasteiger partial charge on any atom is 0.247 e. The number of aromatic hydroxyl groups is 1. The van der Waals surface area contributed by atoms with Crippen molar-refractivity contribution in [3.63, 3.8) is 0 Å². The fraction of sp³-hybridized carbons (Fsp3) is 0.609. The Labute approximate surface area is 269 Å². The van der Waals surface area contributed by atoms with Crippen LogP contribution in [0.1, 0.15) is 19.4 Å². The van der Waals surface area contributed by atoms with Crippen molar-refractivity contribution < 1.29 is 120 Å². The maximum absolute atomic E-state index is 12.7. The van der Waals surface area contributed by atoms with Crippen molar-refractivity contribution in [3.8, 4) is 11.5 Å². The first-order valence-electron chi connectivity index (χ1n) is 11.5. The Morgan fingerprint density at radius 3 is 2.26 bits per heavy atom. The van der Waals surface area contributed by atoms with E-state index >= 15 is 0 Å². The zero-order valence-corrected chi connectivity index (χ0v) is 26.4. The number of rotatable bonds is 6. The number of carbonyl (C=O) groups excluding carboxylic acids is 1. The molecule has 3 fully saturated rings. The van der Waals surface area contributed by atoms with Gasteiger partial charge in [0.15, 0.2) is 11.5 Å². The normalized spacial score (nSPS) is 37.4. The third-order valence-corrected chi connectivity index (χ3v) is 6.62. The number of phenolic OH excluding ortho intramolecular Hbond substituents is 1. The van der Waals surface area contributed by atoms with Gasteiger partial charge in [-0.15, -0.1) is 6.04 Å². The molecule has 13 nitrogen and oxygen atoms in total. The van der Waals surface area contributed by atoms with Crippen LogP contribution in [-0.4, -0.2) is 111 Å². The van der Waals surface area contributed by atoms with Crippen molar-refractivity contribution in [3.05, 3.63) is 35.1 Å². The molecule has 2 heterocycles. The number of hydrogen-bond donors (Lipinski definition) is 7. The van der Waals surface area contributed by atoms with Crippen LogP contribution < -0.4 is 10.1 Å². The first kappa shape index (κ1) is 34.1. The smallest absolute Gasteiger partial charge is 0.247 e. The van der Waals surface area contributed by atoms with Gasteiger partial charge < -0.3 is 60.6 Å². The van der Waals surface area contributed by atoms with Crippen LogP contribution in [0.5, 0.6) is 11.5 Å². The molecular formula is C23H31N2O11Y2-. The van der Waals surface area contributed by atoms with Gasteiger partial charge in [-0.05, 0) is 30.7 Å². The molecule has 4 rings (SSSR count). The molecule has 0 bridgehead atoms. The van der Waals surface area contributed by atoms with Crippen LogP contribution in [0.4, 0.5) is 0 Å². The molecule has 1 aliphatic carbocycles. The summed E-state index contributed by atoms with van der Waals surface area (Å²) in [6.45, 7) is 2.85. The molecule has 1 amide bonds. The minimum atomic E-state index is -1.48. The number of aliphatic hydroxyl groups is 5. The first-order chi connectivity index (χ1) is 17.0. The predicted molar refractivity (Wildman–Crippen MR) is 121 cm³/mol. The Kier molecular flexibility index (Phi) is 12.7. The number of ether oxygens (including phenoxy) is 4. The van der Waals surface area contributed by atoms with E-state index in [-0.39, 0.29) is 89.3 Å². The first-order valence-corrected chi connectivity index (χ1v) is 11.5. The van der Waals surface area contributed by atoms with Gasteiger partial charge in [-0.25, -0.2) is 0 Å². The maximum atomic E-state index is 12.7. The van der Waals surface area contributed by atoms with Gasteiger partial charge in [-0.2, -0.15) is 0 Å². The van der Waals surface area contributed by atoms with Crippen molar-refractivity contribution >= 4 is 12.0 Å². The minimum absolute atomic E-state index is 0. The quantitative estimate of drug-likeness (QED) is 0.169. The molecule has 38 heavy (non-hydrogen) atoms. The summed E-state index contributed by atoms with van der Waals surface area (Å²) in [6, 6.07) is 2.20. The third kappa shape index (κ3) is 7.01. The number of amides is 1. The summed E-state index contributed by atoms with van der Waals surface area (Å²) in [6.07, 6.45) is -9.45. The van der Waals surface area contributed by atoms with E-state index in [0.29, 0.717) is 5.56 Å². The topological polar surface area (TPSA) is 211 Å². The van der Waals surface area contributed by atoms with E-state index in [9.17, 15) is 35.4 Å². The zero-order chi connectivity index (χ0) is 26.3. The molecule has 1 unspecified atom stereocenters. The summed E-state index contributed by atoms with van der Waals surface area (Å²) in [7, 11) is 0. The standard InChI is InChI=1S/C23H31N2O11.2Y/c1-8(22(32)25-13-14(27)16(29)21-20(15(13)28)33-7-34-21)5-10-3-4-12(11(26)6-10)35-23-18(31)17(30)19(36-23)9(2)24;;/h3-6,9,13-21,23-24,26-31H,7H2,1-2H3,(H,25,32);;/q-1;;/b8-5+;;/t9?,13-,14+,15-,16-,17+,18+,19-,20+,21-,23-;;/m1../s1. The van der Waals surface area contributed by atoms with Crippen molar-refractivity contribution in [2.45, 2.75) is 81.1 Å². The molecular weight excluding hydrogens is 658 g/mol. The zero-order valence-electron chi connectivity index (χ0n) is 20.7. The van der Waals surface area contributed by atoms with Crippen molar-refractivity contribution in [1.82, 2.24) is 5.32 Å². The number of hydrogen-bond acceptors (Lipinski definition) is 11. The second-order valence-corrected chi connectivity index (χ2v) is 9.26. The van der Waals surface area contributed by atoms with Gasteiger partial charge in [0.1, 0.15) is 49.5 Å². The molecule has 0 aromatic heterocycles. The van der Waals surface area contributed by atoms with Gasteiger partial charge in [0, 0.05) is 71.0 Å². The van der Waals surface area contributed by atoms with Gasteiger partial charge in [0.05, 0.1) is 12.1 Å². The molecule has 8 N–H and O–H groups in total. The molecule has 1 aromatic carbocycles.